The van der Waals surface area contributed by atoms with E-state index in [4.69, 9.17) is 5.41 Å². The molecule has 2 aromatic heterocycles. The molecule has 1 spiro atoms. The lowest BCUT2D eigenvalue weighted by atomic mass is 9.77. The number of hydrogen-bond donors (Lipinski definition) is 4. The van der Waals surface area contributed by atoms with Crippen molar-refractivity contribution in [3.63, 3.8) is 0 Å². The van der Waals surface area contributed by atoms with Crippen molar-refractivity contribution in [1.82, 2.24) is 35.1 Å². The highest BCUT2D eigenvalue weighted by Gasteiger charge is 2.41. The molecule has 2 aliphatic heterocycles. The van der Waals surface area contributed by atoms with Gasteiger partial charge in [-0.2, -0.15) is 0 Å². The molecule has 1 aromatic carbocycles. The van der Waals surface area contributed by atoms with E-state index in [9.17, 15) is 0 Å². The van der Waals surface area contributed by atoms with Crippen LogP contribution in [0, 0.1) is 16.2 Å². The Balaban J connectivity index is 0.979. The van der Waals surface area contributed by atoms with Crippen LogP contribution in [-0.4, -0.2) is 74.7 Å². The van der Waals surface area contributed by atoms with E-state index in [1.54, 1.807) is 18.6 Å². The second-order valence-corrected chi connectivity index (χ2v) is 13.1. The van der Waals surface area contributed by atoms with Crippen molar-refractivity contribution in [2.45, 2.75) is 83.3 Å². The van der Waals surface area contributed by atoms with Gasteiger partial charge in [-0.05, 0) is 68.3 Å². The van der Waals surface area contributed by atoms with Crippen LogP contribution in [0.15, 0.2) is 49.1 Å². The third kappa shape index (κ3) is 7.16. The van der Waals surface area contributed by atoms with E-state index in [0.717, 1.165) is 30.8 Å². The summed E-state index contributed by atoms with van der Waals surface area (Å²) in [5, 5.41) is 11.9. The lowest BCUT2D eigenvalue weighted by Crippen LogP contribution is -2.46. The summed E-state index contributed by atoms with van der Waals surface area (Å²) in [5.74, 6) is 1.79. The first-order chi connectivity index (χ1) is 20.1. The molecular formula is C33H48N8. The molecule has 1 saturated carbocycles. The Morgan fingerprint density at radius 3 is 2.15 bits per heavy atom. The van der Waals surface area contributed by atoms with E-state index in [0.29, 0.717) is 24.8 Å². The average Bonchev–Trinajstić information content (AvgIpc) is 3.79. The zero-order chi connectivity index (χ0) is 28.0. The number of nitrogens with zero attached hydrogens (tertiary/aromatic N) is 4. The SMILES string of the molecule is N=CC(CNCc1ccc(CN2CCC3(CCN(C4CCCCC4)CC3)C2)cc1)(Cc1ncc[nH]1)Cc1ncc[nH]1. The molecule has 3 aromatic rings. The summed E-state index contributed by atoms with van der Waals surface area (Å²) in [6.45, 7) is 7.66. The second-order valence-electron chi connectivity index (χ2n) is 13.1. The molecule has 0 bridgehead atoms. The molecule has 3 fully saturated rings. The van der Waals surface area contributed by atoms with Crippen LogP contribution in [-0.2, 0) is 25.9 Å². The molecule has 3 aliphatic rings. The Bertz CT molecular complexity index is 1150. The molecule has 8 nitrogen and oxygen atoms in total. The predicted molar refractivity (Wildman–Crippen MR) is 164 cm³/mol. The van der Waals surface area contributed by atoms with Crippen molar-refractivity contribution >= 4 is 6.21 Å². The van der Waals surface area contributed by atoms with Crippen molar-refractivity contribution in [2.24, 2.45) is 10.8 Å². The molecule has 0 atom stereocenters. The third-order valence-corrected chi connectivity index (χ3v) is 10.2. The normalized spacial score (nSPS) is 20.6. The largest absolute Gasteiger partial charge is 0.349 e. The summed E-state index contributed by atoms with van der Waals surface area (Å²) < 4.78 is 0. The Kier molecular flexibility index (Phi) is 8.98. The number of imidazole rings is 2. The van der Waals surface area contributed by atoms with Crippen LogP contribution in [0.3, 0.4) is 0 Å². The van der Waals surface area contributed by atoms with Gasteiger partial charge in [0.2, 0.25) is 0 Å². The van der Waals surface area contributed by atoms with Crippen molar-refractivity contribution in [3.8, 4) is 0 Å². The highest BCUT2D eigenvalue weighted by atomic mass is 15.2. The molecule has 220 valence electrons. The fraction of sp³-hybridized carbons (Fsp3) is 0.606. The van der Waals surface area contributed by atoms with Crippen LogP contribution in [0.25, 0.3) is 0 Å². The third-order valence-electron chi connectivity index (χ3n) is 10.2. The highest BCUT2D eigenvalue weighted by molar-refractivity contribution is 5.63. The van der Waals surface area contributed by atoms with Crippen molar-refractivity contribution in [1.29, 1.82) is 5.41 Å². The maximum Gasteiger partial charge on any atom is 0.106 e. The summed E-state index contributed by atoms with van der Waals surface area (Å²) in [6, 6.07) is 10.0. The van der Waals surface area contributed by atoms with Gasteiger partial charge in [-0.25, -0.2) is 9.97 Å². The van der Waals surface area contributed by atoms with Gasteiger partial charge < -0.3 is 25.6 Å². The Morgan fingerprint density at radius 1 is 0.902 bits per heavy atom. The van der Waals surface area contributed by atoms with Crippen LogP contribution >= 0.6 is 0 Å². The first kappa shape index (κ1) is 28.3. The number of likely N-dealkylation sites (tertiary alicyclic amines) is 2. The van der Waals surface area contributed by atoms with E-state index in [1.165, 1.54) is 88.7 Å². The van der Waals surface area contributed by atoms with Gasteiger partial charge in [0.1, 0.15) is 11.6 Å². The lowest BCUT2D eigenvalue weighted by molar-refractivity contribution is 0.0615. The number of H-pyrrole nitrogens is 2. The van der Waals surface area contributed by atoms with E-state index < -0.39 is 5.41 Å². The monoisotopic (exact) mass is 556 g/mol. The Labute approximate surface area is 245 Å². The number of nitrogens with one attached hydrogen (secondary N) is 4. The summed E-state index contributed by atoms with van der Waals surface area (Å²) >= 11 is 0. The minimum absolute atomic E-state index is 0.409. The number of aromatic amines is 2. The van der Waals surface area contributed by atoms with Gasteiger partial charge in [0.15, 0.2) is 0 Å². The van der Waals surface area contributed by atoms with Crippen LogP contribution in [0.2, 0.25) is 0 Å². The standard InChI is InChI=1S/C33H48N8/c34-24-33(20-30-36-13-14-37-30,21-31-38-15-16-39-31)25-35-22-27-6-8-28(9-7-27)23-40-17-10-32(26-40)11-18-41(19-12-32)29-4-2-1-3-5-29/h6-9,13-16,24,29,34-35H,1-5,10-12,17-23,25-26H2,(H,36,37)(H,38,39). The molecule has 0 radical (unpaired) electrons. The quantitative estimate of drug-likeness (QED) is 0.236. The second kappa shape index (κ2) is 13.0. The fourth-order valence-corrected chi connectivity index (χ4v) is 7.65. The zero-order valence-corrected chi connectivity index (χ0v) is 24.6. The van der Waals surface area contributed by atoms with Gasteiger partial charge in [-0.3, -0.25) is 4.90 Å². The smallest absolute Gasteiger partial charge is 0.106 e. The molecule has 0 amide bonds. The summed E-state index contributed by atoms with van der Waals surface area (Å²) in [6.07, 6.45) is 21.5. The fourth-order valence-electron chi connectivity index (χ4n) is 7.65. The first-order valence-corrected chi connectivity index (χ1v) is 15.9. The van der Waals surface area contributed by atoms with E-state index in [-0.39, 0.29) is 0 Å². The average molecular weight is 557 g/mol. The van der Waals surface area contributed by atoms with Crippen molar-refractivity contribution < 1.29 is 0 Å². The highest BCUT2D eigenvalue weighted by Crippen LogP contribution is 2.42. The van der Waals surface area contributed by atoms with Gasteiger partial charge in [-0.15, -0.1) is 0 Å². The summed E-state index contributed by atoms with van der Waals surface area (Å²) in [7, 11) is 0. The maximum atomic E-state index is 8.30. The van der Waals surface area contributed by atoms with Crippen LogP contribution in [0.4, 0.5) is 0 Å². The van der Waals surface area contributed by atoms with E-state index >= 15 is 0 Å². The van der Waals surface area contributed by atoms with E-state index in [2.05, 4.69) is 59.3 Å². The molecule has 2 saturated heterocycles. The van der Waals surface area contributed by atoms with Crippen LogP contribution in [0.5, 0.6) is 0 Å². The predicted octanol–water partition coefficient (Wildman–Crippen LogP) is 4.96. The molecular weight excluding hydrogens is 508 g/mol. The first-order valence-electron chi connectivity index (χ1n) is 15.9. The molecule has 4 N–H and O–H groups in total. The van der Waals surface area contributed by atoms with Gasteiger partial charge >= 0.3 is 0 Å². The van der Waals surface area contributed by atoms with Gasteiger partial charge in [-0.1, -0.05) is 43.5 Å². The molecule has 41 heavy (non-hydrogen) atoms. The molecule has 8 heteroatoms. The molecule has 6 rings (SSSR count). The molecule has 0 unspecified atom stereocenters. The topological polar surface area (TPSA) is 99.7 Å². The van der Waals surface area contributed by atoms with Crippen LogP contribution in [0.1, 0.15) is 74.1 Å². The number of rotatable bonds is 12. The Morgan fingerprint density at radius 2 is 1.54 bits per heavy atom. The Hall–Kier alpha value is -2.81. The zero-order valence-electron chi connectivity index (χ0n) is 24.6. The van der Waals surface area contributed by atoms with Crippen LogP contribution < -0.4 is 5.32 Å². The number of aromatic nitrogens is 4. The number of hydrogen-bond acceptors (Lipinski definition) is 6. The lowest BCUT2D eigenvalue weighted by Gasteiger charge is -2.43. The van der Waals surface area contributed by atoms with Gasteiger partial charge in [0.05, 0.1) is 0 Å². The summed E-state index contributed by atoms with van der Waals surface area (Å²) in [5.41, 5.74) is 2.84. The number of benzene rings is 1. The summed E-state index contributed by atoms with van der Waals surface area (Å²) in [4.78, 5) is 20.8. The van der Waals surface area contributed by atoms with Gasteiger partial charge in [0, 0.05) is 81.5 Å². The molecule has 1 aliphatic carbocycles. The number of piperidine rings is 1. The van der Waals surface area contributed by atoms with E-state index in [1.807, 2.05) is 12.4 Å². The molecule has 4 heterocycles. The maximum absolute atomic E-state index is 8.30. The van der Waals surface area contributed by atoms with Gasteiger partial charge in [0.25, 0.3) is 0 Å². The minimum Gasteiger partial charge on any atom is -0.349 e. The van der Waals surface area contributed by atoms with Crippen molar-refractivity contribution in [2.75, 3.05) is 32.7 Å². The minimum atomic E-state index is -0.409. The van der Waals surface area contributed by atoms with Crippen molar-refractivity contribution in [3.05, 3.63) is 71.8 Å².